The van der Waals surface area contributed by atoms with Crippen LogP contribution in [0.2, 0.25) is 0 Å². The van der Waals surface area contributed by atoms with Crippen LogP contribution in [-0.2, 0) is 22.4 Å². The summed E-state index contributed by atoms with van der Waals surface area (Å²) in [5, 5.41) is 13.5. The number of aliphatic carboxylic acids is 1. The van der Waals surface area contributed by atoms with Crippen molar-refractivity contribution in [3.63, 3.8) is 0 Å². The zero-order chi connectivity index (χ0) is 24.9. The van der Waals surface area contributed by atoms with Gasteiger partial charge in [0.25, 0.3) is 0 Å². The second-order valence-electron chi connectivity index (χ2n) is 10.4. The highest BCUT2D eigenvalue weighted by molar-refractivity contribution is 5.77. The summed E-state index contributed by atoms with van der Waals surface area (Å²) >= 11 is 0. The molecule has 1 aliphatic carbocycles. The van der Waals surface area contributed by atoms with Crippen molar-refractivity contribution in [3.05, 3.63) is 52.7 Å². The fourth-order valence-corrected chi connectivity index (χ4v) is 5.59. The van der Waals surface area contributed by atoms with E-state index in [1.807, 2.05) is 11.0 Å². The number of fused-ring (bicyclic) bond motifs is 1. The van der Waals surface area contributed by atoms with Gasteiger partial charge in [0.15, 0.2) is 0 Å². The highest BCUT2D eigenvalue weighted by Gasteiger charge is 2.36. The van der Waals surface area contributed by atoms with E-state index in [9.17, 15) is 9.90 Å². The second-order valence-corrected chi connectivity index (χ2v) is 10.4. The quantitative estimate of drug-likeness (QED) is 0.405. The summed E-state index contributed by atoms with van der Waals surface area (Å²) in [5.74, 6) is 1.47. The number of carbonyl (C=O) groups is 1. The number of unbranched alkanes of at least 4 members (excludes halogenated alkanes) is 2. The van der Waals surface area contributed by atoms with E-state index >= 15 is 0 Å². The molecule has 3 aliphatic rings. The summed E-state index contributed by atoms with van der Waals surface area (Å²) in [6.07, 6.45) is 9.83. The Labute approximate surface area is 214 Å². The highest BCUT2D eigenvalue weighted by atomic mass is 16.5. The number of nitrogens with one attached hydrogen (secondary N) is 1. The van der Waals surface area contributed by atoms with Gasteiger partial charge in [-0.1, -0.05) is 18.6 Å². The molecule has 2 N–H and O–H groups in total. The van der Waals surface area contributed by atoms with E-state index in [4.69, 9.17) is 14.5 Å². The molecule has 3 heterocycles. The maximum Gasteiger partial charge on any atom is 0.325 e. The minimum absolute atomic E-state index is 0.0813. The smallest absolute Gasteiger partial charge is 0.325 e. The molecule has 2 atom stereocenters. The Morgan fingerprint density at radius 2 is 2.08 bits per heavy atom. The first kappa shape index (κ1) is 25.0. The normalized spacial score (nSPS) is 20.5. The van der Waals surface area contributed by atoms with Crippen molar-refractivity contribution in [3.8, 4) is 5.75 Å². The van der Waals surface area contributed by atoms with Crippen molar-refractivity contribution < 1.29 is 19.4 Å². The van der Waals surface area contributed by atoms with E-state index in [0.717, 1.165) is 75.3 Å². The molecule has 2 aliphatic heterocycles. The third-order valence-corrected chi connectivity index (χ3v) is 7.76. The van der Waals surface area contributed by atoms with E-state index in [2.05, 4.69) is 29.6 Å². The SMILES string of the molecule is COc1ccc(C2CC2)cc1[C@H](C(=O)O)N1CC[C@@H](OCCCCCc2ccc3c(n2)NCCC3)C1. The van der Waals surface area contributed by atoms with Crippen LogP contribution in [0.25, 0.3) is 0 Å². The van der Waals surface area contributed by atoms with Gasteiger partial charge in [0.1, 0.15) is 17.6 Å². The van der Waals surface area contributed by atoms with Crippen molar-refractivity contribution >= 4 is 11.8 Å². The van der Waals surface area contributed by atoms with E-state index in [1.54, 1.807) is 7.11 Å². The number of benzene rings is 1. The molecule has 5 rings (SSSR count). The van der Waals surface area contributed by atoms with Gasteiger partial charge in [0, 0.05) is 37.5 Å². The van der Waals surface area contributed by atoms with Gasteiger partial charge in [0.2, 0.25) is 0 Å². The zero-order valence-electron chi connectivity index (χ0n) is 21.4. The van der Waals surface area contributed by atoms with Crippen molar-refractivity contribution in [2.75, 3.05) is 38.7 Å². The third-order valence-electron chi connectivity index (χ3n) is 7.76. The van der Waals surface area contributed by atoms with Gasteiger partial charge in [-0.2, -0.15) is 0 Å². The Bertz CT molecular complexity index is 1050. The molecule has 0 radical (unpaired) electrons. The van der Waals surface area contributed by atoms with Crippen LogP contribution in [0.15, 0.2) is 30.3 Å². The van der Waals surface area contributed by atoms with Gasteiger partial charge in [-0.3, -0.25) is 9.69 Å². The summed E-state index contributed by atoms with van der Waals surface area (Å²) in [5.41, 5.74) is 4.49. The lowest BCUT2D eigenvalue weighted by molar-refractivity contribution is -0.143. The summed E-state index contributed by atoms with van der Waals surface area (Å²) in [6, 6.07) is 9.75. The summed E-state index contributed by atoms with van der Waals surface area (Å²) in [6.45, 7) is 3.10. The van der Waals surface area contributed by atoms with Crippen molar-refractivity contribution in [2.24, 2.45) is 0 Å². The third kappa shape index (κ3) is 6.01. The number of methoxy groups -OCH3 is 1. The average molecular weight is 494 g/mol. The lowest BCUT2D eigenvalue weighted by Crippen LogP contribution is -2.33. The molecule has 0 amide bonds. The van der Waals surface area contributed by atoms with E-state index in [0.29, 0.717) is 18.2 Å². The van der Waals surface area contributed by atoms with Gasteiger partial charge in [-0.05, 0) is 86.6 Å². The average Bonchev–Trinajstić information content (AvgIpc) is 3.65. The number of rotatable bonds is 12. The molecule has 1 aromatic carbocycles. The standard InChI is InChI=1S/C29H39N3O4/c1-35-26-13-11-22(20-8-9-20)18-25(26)27(29(33)34)32-16-14-24(19-32)36-17-4-2-3-7-23-12-10-21-6-5-15-30-28(21)31-23/h10-13,18,20,24,27H,2-9,14-17,19H2,1H3,(H,30,31)(H,33,34)/t24-,27-/m1/s1. The van der Waals surface area contributed by atoms with Crippen LogP contribution in [-0.4, -0.2) is 60.4 Å². The van der Waals surface area contributed by atoms with Crippen molar-refractivity contribution in [1.29, 1.82) is 0 Å². The fraction of sp³-hybridized carbons (Fsp3) is 0.586. The first-order valence-corrected chi connectivity index (χ1v) is 13.6. The largest absolute Gasteiger partial charge is 0.496 e. The molecule has 1 saturated heterocycles. The topological polar surface area (TPSA) is 83.9 Å². The van der Waals surface area contributed by atoms with Crippen molar-refractivity contribution in [2.45, 2.75) is 75.9 Å². The molecule has 194 valence electrons. The predicted octanol–water partition coefficient (Wildman–Crippen LogP) is 4.96. The monoisotopic (exact) mass is 493 g/mol. The summed E-state index contributed by atoms with van der Waals surface area (Å²) in [4.78, 5) is 19.2. The van der Waals surface area contributed by atoms with E-state index in [-0.39, 0.29) is 6.10 Å². The number of aromatic nitrogens is 1. The number of carboxylic acid groups (broad SMARTS) is 1. The highest BCUT2D eigenvalue weighted by Crippen LogP contribution is 2.43. The number of hydrogen-bond donors (Lipinski definition) is 2. The molecule has 0 spiro atoms. The van der Waals surface area contributed by atoms with Crippen LogP contribution in [0.3, 0.4) is 0 Å². The summed E-state index contributed by atoms with van der Waals surface area (Å²) in [7, 11) is 1.61. The van der Waals surface area contributed by atoms with Gasteiger partial charge in [-0.15, -0.1) is 0 Å². The number of ether oxygens (including phenoxy) is 2. The van der Waals surface area contributed by atoms with E-state index < -0.39 is 12.0 Å². The van der Waals surface area contributed by atoms with Crippen LogP contribution in [0.1, 0.15) is 79.3 Å². The minimum Gasteiger partial charge on any atom is -0.496 e. The lowest BCUT2D eigenvalue weighted by atomic mass is 9.99. The molecular formula is C29H39N3O4. The zero-order valence-corrected chi connectivity index (χ0v) is 21.4. The molecule has 0 unspecified atom stereocenters. The lowest BCUT2D eigenvalue weighted by Gasteiger charge is -2.26. The van der Waals surface area contributed by atoms with Crippen LogP contribution in [0.4, 0.5) is 5.82 Å². The van der Waals surface area contributed by atoms with Gasteiger partial charge in [0.05, 0.1) is 13.2 Å². The van der Waals surface area contributed by atoms with Gasteiger partial charge < -0.3 is 19.9 Å². The minimum atomic E-state index is -0.826. The fourth-order valence-electron chi connectivity index (χ4n) is 5.59. The molecule has 2 fully saturated rings. The number of hydrogen-bond acceptors (Lipinski definition) is 6. The number of aryl methyl sites for hydroxylation is 2. The molecular weight excluding hydrogens is 454 g/mol. The first-order chi connectivity index (χ1) is 17.6. The van der Waals surface area contributed by atoms with Crippen LogP contribution in [0.5, 0.6) is 5.75 Å². The Hall–Kier alpha value is -2.64. The van der Waals surface area contributed by atoms with Crippen molar-refractivity contribution in [1.82, 2.24) is 9.88 Å². The number of anilines is 1. The molecule has 2 aromatic rings. The van der Waals surface area contributed by atoms with Crippen LogP contribution < -0.4 is 10.1 Å². The Morgan fingerprint density at radius 3 is 2.89 bits per heavy atom. The van der Waals surface area contributed by atoms with Crippen LogP contribution >= 0.6 is 0 Å². The number of carboxylic acids is 1. The number of likely N-dealkylation sites (tertiary alicyclic amines) is 1. The van der Waals surface area contributed by atoms with Gasteiger partial charge in [-0.25, -0.2) is 4.98 Å². The predicted molar refractivity (Wildman–Crippen MR) is 140 cm³/mol. The molecule has 7 heteroatoms. The first-order valence-electron chi connectivity index (χ1n) is 13.6. The van der Waals surface area contributed by atoms with Crippen LogP contribution in [0, 0.1) is 0 Å². The summed E-state index contributed by atoms with van der Waals surface area (Å²) < 4.78 is 11.7. The second kappa shape index (κ2) is 11.6. The van der Waals surface area contributed by atoms with Gasteiger partial charge >= 0.3 is 5.97 Å². The Morgan fingerprint density at radius 1 is 1.19 bits per heavy atom. The molecule has 0 bridgehead atoms. The van der Waals surface area contributed by atoms with E-state index in [1.165, 1.54) is 30.4 Å². The maximum atomic E-state index is 12.3. The molecule has 1 saturated carbocycles. The Kier molecular flexibility index (Phi) is 8.07. The molecule has 1 aromatic heterocycles. The molecule has 7 nitrogen and oxygen atoms in total. The number of nitrogens with zero attached hydrogens (tertiary/aromatic N) is 2. The Balaban J connectivity index is 1.07. The number of pyridine rings is 1. The molecule has 36 heavy (non-hydrogen) atoms. The maximum absolute atomic E-state index is 12.3.